The summed E-state index contributed by atoms with van der Waals surface area (Å²) in [5.74, 6) is 0.719. The van der Waals surface area contributed by atoms with E-state index >= 15 is 0 Å². The lowest BCUT2D eigenvalue weighted by Gasteiger charge is -2.23. The summed E-state index contributed by atoms with van der Waals surface area (Å²) < 4.78 is 0. The van der Waals surface area contributed by atoms with Gasteiger partial charge in [-0.2, -0.15) is 0 Å². The summed E-state index contributed by atoms with van der Waals surface area (Å²) in [5, 5.41) is 18.6. The highest BCUT2D eigenvalue weighted by Gasteiger charge is 2.19. The third-order valence-corrected chi connectivity index (χ3v) is 2.82. The molecule has 0 saturated carbocycles. The predicted molar refractivity (Wildman–Crippen MR) is 50.7 cm³/mol. The zero-order chi connectivity index (χ0) is 9.26. The summed E-state index contributed by atoms with van der Waals surface area (Å²) >= 11 is 0. The van der Waals surface area contributed by atoms with E-state index in [1.807, 2.05) is 6.07 Å². The van der Waals surface area contributed by atoms with Crippen LogP contribution < -0.4 is 0 Å². The highest BCUT2D eigenvalue weighted by molar-refractivity contribution is 5.40. The molecule has 1 aliphatic rings. The minimum absolute atomic E-state index is 0.230. The molecule has 2 rings (SSSR count). The average molecular weight is 178 g/mol. The second kappa shape index (κ2) is 3.38. The van der Waals surface area contributed by atoms with Crippen LogP contribution in [0.3, 0.4) is 0 Å². The number of rotatable bonds is 1. The molecule has 1 aromatic carbocycles. The topological polar surface area (TPSA) is 40.5 Å². The third-order valence-electron chi connectivity index (χ3n) is 2.82. The number of hydrogen-bond acceptors (Lipinski definition) is 2. The van der Waals surface area contributed by atoms with Gasteiger partial charge in [-0.25, -0.2) is 0 Å². The van der Waals surface area contributed by atoms with Gasteiger partial charge in [-0.1, -0.05) is 12.1 Å². The van der Waals surface area contributed by atoms with E-state index in [0.29, 0.717) is 11.7 Å². The van der Waals surface area contributed by atoms with Crippen molar-refractivity contribution < 1.29 is 10.2 Å². The summed E-state index contributed by atoms with van der Waals surface area (Å²) in [6.45, 7) is 0.230. The molecule has 1 unspecified atom stereocenters. The first-order chi connectivity index (χ1) is 6.31. The fourth-order valence-corrected chi connectivity index (χ4v) is 2.00. The summed E-state index contributed by atoms with van der Waals surface area (Å²) in [5.41, 5.74) is 2.28. The van der Waals surface area contributed by atoms with Gasteiger partial charge in [0.25, 0.3) is 0 Å². The Morgan fingerprint density at radius 1 is 1.38 bits per heavy atom. The van der Waals surface area contributed by atoms with E-state index in [9.17, 15) is 5.11 Å². The van der Waals surface area contributed by atoms with Gasteiger partial charge in [0.15, 0.2) is 0 Å². The molecule has 0 radical (unpaired) electrons. The van der Waals surface area contributed by atoms with E-state index in [-0.39, 0.29) is 6.61 Å². The van der Waals surface area contributed by atoms with Crippen LogP contribution in [0.4, 0.5) is 0 Å². The molecule has 2 heteroatoms. The highest BCUT2D eigenvalue weighted by Crippen LogP contribution is 2.31. The molecule has 2 nitrogen and oxygen atoms in total. The van der Waals surface area contributed by atoms with Crippen molar-refractivity contribution in [2.45, 2.75) is 19.3 Å². The molecule has 0 bridgehead atoms. The monoisotopic (exact) mass is 178 g/mol. The van der Waals surface area contributed by atoms with Crippen LogP contribution in [0.5, 0.6) is 5.75 Å². The van der Waals surface area contributed by atoms with Crippen LogP contribution in [0.2, 0.25) is 0 Å². The molecule has 0 aliphatic heterocycles. The van der Waals surface area contributed by atoms with Gasteiger partial charge in [0, 0.05) is 6.61 Å². The Morgan fingerprint density at radius 3 is 3.00 bits per heavy atom. The number of aryl methyl sites for hydroxylation is 1. The van der Waals surface area contributed by atoms with E-state index < -0.39 is 0 Å². The SMILES string of the molecule is OCC1CCc2cccc(O)c2C1. The van der Waals surface area contributed by atoms with Crippen molar-refractivity contribution in [3.8, 4) is 5.75 Å². The lowest BCUT2D eigenvalue weighted by Crippen LogP contribution is -2.17. The van der Waals surface area contributed by atoms with Gasteiger partial charge in [-0.3, -0.25) is 0 Å². The van der Waals surface area contributed by atoms with Crippen molar-refractivity contribution in [2.75, 3.05) is 6.61 Å². The second-order valence-corrected chi connectivity index (χ2v) is 3.71. The highest BCUT2D eigenvalue weighted by atomic mass is 16.3. The van der Waals surface area contributed by atoms with Crippen molar-refractivity contribution in [1.82, 2.24) is 0 Å². The number of phenolic OH excluding ortho intramolecular Hbond substituents is 1. The molecule has 1 aromatic rings. The molecule has 2 N–H and O–H groups in total. The summed E-state index contributed by atoms with van der Waals surface area (Å²) in [4.78, 5) is 0. The van der Waals surface area contributed by atoms with Crippen LogP contribution in [0.15, 0.2) is 18.2 Å². The van der Waals surface area contributed by atoms with Gasteiger partial charge in [-0.05, 0) is 42.4 Å². The Hall–Kier alpha value is -1.02. The maximum atomic E-state index is 9.59. The van der Waals surface area contributed by atoms with E-state index in [4.69, 9.17) is 5.11 Å². The van der Waals surface area contributed by atoms with Crippen LogP contribution in [0.25, 0.3) is 0 Å². The molecule has 0 saturated heterocycles. The Balaban J connectivity index is 2.32. The fourth-order valence-electron chi connectivity index (χ4n) is 2.00. The Kier molecular flexibility index (Phi) is 2.23. The minimum Gasteiger partial charge on any atom is -0.508 e. The molecule has 1 atom stereocenters. The molecule has 0 heterocycles. The number of fused-ring (bicyclic) bond motifs is 1. The molecule has 1 aliphatic carbocycles. The second-order valence-electron chi connectivity index (χ2n) is 3.71. The molecular weight excluding hydrogens is 164 g/mol. The molecule has 0 aromatic heterocycles. The van der Waals surface area contributed by atoms with Crippen LogP contribution in [0, 0.1) is 5.92 Å². The zero-order valence-electron chi connectivity index (χ0n) is 7.53. The van der Waals surface area contributed by atoms with E-state index in [1.165, 1.54) is 5.56 Å². The smallest absolute Gasteiger partial charge is 0.119 e. The number of hydrogen-bond donors (Lipinski definition) is 2. The number of aliphatic hydroxyl groups excluding tert-OH is 1. The Bertz CT molecular complexity index is 307. The van der Waals surface area contributed by atoms with Crippen LogP contribution in [0.1, 0.15) is 17.5 Å². The quantitative estimate of drug-likeness (QED) is 0.684. The van der Waals surface area contributed by atoms with Gasteiger partial charge in [0.2, 0.25) is 0 Å². The third kappa shape index (κ3) is 1.54. The van der Waals surface area contributed by atoms with Crippen molar-refractivity contribution in [2.24, 2.45) is 5.92 Å². The van der Waals surface area contributed by atoms with Crippen LogP contribution in [-0.2, 0) is 12.8 Å². The number of aromatic hydroxyl groups is 1. The first-order valence-electron chi connectivity index (χ1n) is 4.72. The van der Waals surface area contributed by atoms with Crippen molar-refractivity contribution in [3.63, 3.8) is 0 Å². The summed E-state index contributed by atoms with van der Waals surface area (Å²) in [6.07, 6.45) is 2.83. The van der Waals surface area contributed by atoms with E-state index in [2.05, 4.69) is 6.07 Å². The van der Waals surface area contributed by atoms with Crippen LogP contribution in [-0.4, -0.2) is 16.8 Å². The van der Waals surface area contributed by atoms with Gasteiger partial charge in [-0.15, -0.1) is 0 Å². The van der Waals surface area contributed by atoms with Crippen molar-refractivity contribution >= 4 is 0 Å². The molecular formula is C11H14O2. The van der Waals surface area contributed by atoms with Crippen LogP contribution >= 0.6 is 0 Å². The van der Waals surface area contributed by atoms with Crippen molar-refractivity contribution in [1.29, 1.82) is 0 Å². The normalized spacial score (nSPS) is 21.2. The average Bonchev–Trinajstić information content (AvgIpc) is 2.18. The lowest BCUT2D eigenvalue weighted by molar-refractivity contribution is 0.212. The summed E-state index contributed by atoms with van der Waals surface area (Å²) in [7, 11) is 0. The predicted octanol–water partition coefficient (Wildman–Crippen LogP) is 1.49. The Labute approximate surface area is 77.8 Å². The standard InChI is InChI=1S/C11H14O2/c12-7-8-4-5-9-2-1-3-11(13)10(9)6-8/h1-3,8,12-13H,4-7H2. The first kappa shape index (κ1) is 8.57. The van der Waals surface area contributed by atoms with E-state index in [1.54, 1.807) is 6.07 Å². The molecule has 0 amide bonds. The fraction of sp³-hybridized carbons (Fsp3) is 0.455. The maximum Gasteiger partial charge on any atom is 0.119 e. The number of phenols is 1. The van der Waals surface area contributed by atoms with Gasteiger partial charge in [0.1, 0.15) is 5.75 Å². The zero-order valence-corrected chi connectivity index (χ0v) is 7.53. The molecule has 0 spiro atoms. The van der Waals surface area contributed by atoms with Crippen molar-refractivity contribution in [3.05, 3.63) is 29.3 Å². The molecule has 13 heavy (non-hydrogen) atoms. The largest absolute Gasteiger partial charge is 0.508 e. The number of benzene rings is 1. The first-order valence-corrected chi connectivity index (χ1v) is 4.72. The Morgan fingerprint density at radius 2 is 2.23 bits per heavy atom. The lowest BCUT2D eigenvalue weighted by atomic mass is 9.84. The van der Waals surface area contributed by atoms with E-state index in [0.717, 1.165) is 24.8 Å². The number of aliphatic hydroxyl groups is 1. The minimum atomic E-state index is 0.230. The molecule has 0 fully saturated rings. The molecule has 70 valence electrons. The summed E-state index contributed by atoms with van der Waals surface area (Å²) in [6, 6.07) is 5.66. The van der Waals surface area contributed by atoms with Gasteiger partial charge >= 0.3 is 0 Å². The maximum absolute atomic E-state index is 9.59. The van der Waals surface area contributed by atoms with Gasteiger partial charge in [0.05, 0.1) is 0 Å². The van der Waals surface area contributed by atoms with Gasteiger partial charge < -0.3 is 10.2 Å².